The molecule has 2 fully saturated rings. The normalized spacial score (nSPS) is 19.3. The van der Waals surface area contributed by atoms with Crippen molar-refractivity contribution in [1.82, 2.24) is 10.1 Å². The fourth-order valence-electron chi connectivity index (χ4n) is 3.18. The van der Waals surface area contributed by atoms with E-state index in [1.807, 2.05) is 6.07 Å². The van der Waals surface area contributed by atoms with Crippen molar-refractivity contribution in [3.8, 4) is 11.5 Å². The number of hydrogen-bond donors (Lipinski definition) is 1. The lowest BCUT2D eigenvalue weighted by atomic mass is 9.77. The van der Waals surface area contributed by atoms with Crippen LogP contribution in [0.1, 0.15) is 37.9 Å². The van der Waals surface area contributed by atoms with Crippen molar-refractivity contribution in [3.05, 3.63) is 29.8 Å². The first-order valence-corrected chi connectivity index (χ1v) is 7.84. The molecule has 1 aliphatic carbocycles. The van der Waals surface area contributed by atoms with Crippen LogP contribution >= 0.6 is 12.4 Å². The predicted octanol–water partition coefficient (Wildman–Crippen LogP) is 3.24. The molecule has 1 saturated heterocycles. The first kappa shape index (κ1) is 16.2. The van der Waals surface area contributed by atoms with Gasteiger partial charge in [0.25, 0.3) is 5.89 Å². The molecule has 7 heteroatoms. The Morgan fingerprint density at radius 2 is 1.91 bits per heavy atom. The Hall–Kier alpha value is -1.66. The summed E-state index contributed by atoms with van der Waals surface area (Å²) in [6.45, 7) is 1.83. The average Bonchev–Trinajstić information content (AvgIpc) is 3.16. The highest BCUT2D eigenvalue weighted by atomic mass is 35.5. The molecule has 0 radical (unpaired) electrons. The third-order valence-electron chi connectivity index (χ3n) is 4.76. The van der Waals surface area contributed by atoms with Gasteiger partial charge in [-0.1, -0.05) is 5.16 Å². The van der Waals surface area contributed by atoms with Crippen molar-refractivity contribution < 1.29 is 8.91 Å². The monoisotopic (exact) mass is 338 g/mol. The highest BCUT2D eigenvalue weighted by Crippen LogP contribution is 2.38. The molecule has 0 spiro atoms. The lowest BCUT2D eigenvalue weighted by molar-refractivity contribution is 0.229. The van der Waals surface area contributed by atoms with E-state index in [4.69, 9.17) is 10.3 Å². The van der Waals surface area contributed by atoms with E-state index in [9.17, 15) is 4.39 Å². The van der Waals surface area contributed by atoms with Crippen molar-refractivity contribution >= 4 is 18.1 Å². The SMILES string of the molecule is Cl.NC1(c2noc(-c3ccc(N4CCCC4)c(F)c3)n2)CCC1. The van der Waals surface area contributed by atoms with E-state index < -0.39 is 5.54 Å². The van der Waals surface area contributed by atoms with Crippen LogP contribution < -0.4 is 10.6 Å². The van der Waals surface area contributed by atoms with Crippen molar-refractivity contribution in [3.63, 3.8) is 0 Å². The number of halogens is 2. The van der Waals surface area contributed by atoms with Crippen molar-refractivity contribution in [1.29, 1.82) is 0 Å². The van der Waals surface area contributed by atoms with Gasteiger partial charge in [-0.05, 0) is 50.3 Å². The summed E-state index contributed by atoms with van der Waals surface area (Å²) in [7, 11) is 0. The molecular weight excluding hydrogens is 319 g/mol. The maximum Gasteiger partial charge on any atom is 0.258 e. The summed E-state index contributed by atoms with van der Waals surface area (Å²) in [5.41, 5.74) is 6.97. The van der Waals surface area contributed by atoms with E-state index in [1.165, 1.54) is 6.07 Å². The van der Waals surface area contributed by atoms with Crippen LogP contribution in [0, 0.1) is 5.82 Å². The van der Waals surface area contributed by atoms with E-state index in [1.54, 1.807) is 6.07 Å². The van der Waals surface area contributed by atoms with E-state index in [0.29, 0.717) is 23.0 Å². The first-order valence-electron chi connectivity index (χ1n) is 7.84. The molecule has 2 aliphatic rings. The van der Waals surface area contributed by atoms with Crippen molar-refractivity contribution in [2.75, 3.05) is 18.0 Å². The Kier molecular flexibility index (Phi) is 4.29. The minimum atomic E-state index is -0.463. The Morgan fingerprint density at radius 1 is 1.17 bits per heavy atom. The second kappa shape index (κ2) is 6.09. The molecule has 5 nitrogen and oxygen atoms in total. The van der Waals surface area contributed by atoms with Gasteiger partial charge in [0.2, 0.25) is 0 Å². The van der Waals surface area contributed by atoms with E-state index in [2.05, 4.69) is 15.0 Å². The summed E-state index contributed by atoms with van der Waals surface area (Å²) < 4.78 is 19.6. The summed E-state index contributed by atoms with van der Waals surface area (Å²) in [5.74, 6) is 0.613. The molecule has 2 N–H and O–H groups in total. The van der Waals surface area contributed by atoms with Gasteiger partial charge >= 0.3 is 0 Å². The minimum absolute atomic E-state index is 0. The standard InChI is InChI=1S/C16H19FN4O.ClH/c17-12-10-11(4-5-13(12)21-8-1-2-9-21)14-19-15(20-22-14)16(18)6-3-7-16;/h4-5,10H,1-3,6-9,18H2;1H. The van der Waals surface area contributed by atoms with Crippen LogP contribution in [0.4, 0.5) is 10.1 Å². The number of aromatic nitrogens is 2. The third kappa shape index (κ3) is 2.81. The number of benzene rings is 1. The Labute approximate surface area is 140 Å². The van der Waals surface area contributed by atoms with Gasteiger partial charge in [-0.15, -0.1) is 12.4 Å². The van der Waals surface area contributed by atoms with E-state index >= 15 is 0 Å². The Balaban J connectivity index is 0.00000156. The molecule has 1 saturated carbocycles. The molecule has 0 amide bonds. The molecular formula is C16H20ClFN4O. The number of hydrogen-bond acceptors (Lipinski definition) is 5. The Bertz CT molecular complexity index is 695. The van der Waals surface area contributed by atoms with Crippen molar-refractivity contribution in [2.24, 2.45) is 5.73 Å². The first-order chi connectivity index (χ1) is 10.7. The average molecular weight is 339 g/mol. The zero-order valence-electron chi connectivity index (χ0n) is 12.8. The molecule has 124 valence electrons. The van der Waals surface area contributed by atoms with Gasteiger partial charge in [0.15, 0.2) is 5.82 Å². The van der Waals surface area contributed by atoms with E-state index in [-0.39, 0.29) is 18.2 Å². The van der Waals surface area contributed by atoms with Gasteiger partial charge < -0.3 is 15.2 Å². The fraction of sp³-hybridized carbons (Fsp3) is 0.500. The van der Waals surface area contributed by atoms with Crippen LogP contribution in [-0.4, -0.2) is 23.2 Å². The highest BCUT2D eigenvalue weighted by Gasteiger charge is 2.39. The maximum absolute atomic E-state index is 14.3. The van der Waals surface area contributed by atoms with Gasteiger partial charge in [-0.3, -0.25) is 0 Å². The highest BCUT2D eigenvalue weighted by molar-refractivity contribution is 5.85. The fourth-order valence-corrected chi connectivity index (χ4v) is 3.18. The molecule has 1 aromatic carbocycles. The molecule has 23 heavy (non-hydrogen) atoms. The van der Waals surface area contributed by atoms with Gasteiger partial charge in [0, 0.05) is 18.7 Å². The van der Waals surface area contributed by atoms with Crippen LogP contribution in [0.25, 0.3) is 11.5 Å². The largest absolute Gasteiger partial charge is 0.369 e. The topological polar surface area (TPSA) is 68.2 Å². The minimum Gasteiger partial charge on any atom is -0.369 e. The third-order valence-corrected chi connectivity index (χ3v) is 4.76. The summed E-state index contributed by atoms with van der Waals surface area (Å²) in [6.07, 6.45) is 5.06. The summed E-state index contributed by atoms with van der Waals surface area (Å²) in [4.78, 5) is 6.43. The van der Waals surface area contributed by atoms with E-state index in [0.717, 1.165) is 45.2 Å². The molecule has 0 atom stereocenters. The van der Waals surface area contributed by atoms with Crippen LogP contribution in [0.15, 0.2) is 22.7 Å². The van der Waals surface area contributed by atoms with Gasteiger partial charge in [-0.25, -0.2) is 4.39 Å². The summed E-state index contributed by atoms with van der Waals surface area (Å²) in [6, 6.07) is 5.09. The lowest BCUT2D eigenvalue weighted by Crippen LogP contribution is -2.44. The van der Waals surface area contributed by atoms with Gasteiger partial charge in [-0.2, -0.15) is 4.98 Å². The second-order valence-corrected chi connectivity index (χ2v) is 6.29. The Morgan fingerprint density at radius 3 is 2.52 bits per heavy atom. The van der Waals surface area contributed by atoms with Crippen molar-refractivity contribution in [2.45, 2.75) is 37.6 Å². The molecule has 4 rings (SSSR count). The zero-order valence-corrected chi connectivity index (χ0v) is 13.6. The smallest absolute Gasteiger partial charge is 0.258 e. The molecule has 2 heterocycles. The molecule has 0 bridgehead atoms. The van der Waals surface area contributed by atoms with Crippen LogP contribution in [0.2, 0.25) is 0 Å². The lowest BCUT2D eigenvalue weighted by Gasteiger charge is -2.34. The zero-order chi connectivity index (χ0) is 15.2. The summed E-state index contributed by atoms with van der Waals surface area (Å²) >= 11 is 0. The summed E-state index contributed by atoms with van der Waals surface area (Å²) in [5, 5.41) is 3.97. The molecule has 1 aliphatic heterocycles. The van der Waals surface area contributed by atoms with Gasteiger partial charge in [0.1, 0.15) is 5.82 Å². The second-order valence-electron chi connectivity index (χ2n) is 6.29. The molecule has 2 aromatic rings. The molecule has 0 unspecified atom stereocenters. The maximum atomic E-state index is 14.3. The predicted molar refractivity (Wildman–Crippen MR) is 88.1 cm³/mol. The van der Waals surface area contributed by atoms with Crippen LogP contribution in [0.5, 0.6) is 0 Å². The number of nitrogens with zero attached hydrogens (tertiary/aromatic N) is 3. The quantitative estimate of drug-likeness (QED) is 0.930. The van der Waals surface area contributed by atoms with Gasteiger partial charge in [0.05, 0.1) is 11.2 Å². The molecule has 1 aromatic heterocycles. The van der Waals surface area contributed by atoms with Crippen LogP contribution in [0.3, 0.4) is 0 Å². The number of anilines is 1. The number of rotatable bonds is 3. The van der Waals surface area contributed by atoms with Crippen LogP contribution in [-0.2, 0) is 5.54 Å². The number of nitrogens with two attached hydrogens (primary N) is 1.